The second-order valence-corrected chi connectivity index (χ2v) is 8.79. The van der Waals surface area contributed by atoms with E-state index in [1.165, 1.54) is 24.3 Å². The highest BCUT2D eigenvalue weighted by molar-refractivity contribution is 5.98. The van der Waals surface area contributed by atoms with E-state index in [0.717, 1.165) is 12.8 Å². The van der Waals surface area contributed by atoms with Crippen molar-refractivity contribution in [3.63, 3.8) is 0 Å². The molecule has 4 rings (SSSR count). The van der Waals surface area contributed by atoms with E-state index in [4.69, 9.17) is 4.74 Å². The fraction of sp³-hybridized carbons (Fsp3) is 0.423. The van der Waals surface area contributed by atoms with Gasteiger partial charge in [0.2, 0.25) is 5.91 Å². The first-order chi connectivity index (χ1) is 16.0. The molecule has 2 fully saturated rings. The molecule has 2 aromatic carbocycles. The number of nitrogens with zero attached hydrogens (tertiary/aromatic N) is 2. The lowest BCUT2D eigenvalue weighted by Crippen LogP contribution is -2.49. The van der Waals surface area contributed by atoms with Gasteiger partial charge in [0.1, 0.15) is 11.6 Å². The fourth-order valence-corrected chi connectivity index (χ4v) is 4.75. The highest BCUT2D eigenvalue weighted by Crippen LogP contribution is 2.26. The Morgan fingerprint density at radius 3 is 2.09 bits per heavy atom. The van der Waals surface area contributed by atoms with Gasteiger partial charge < -0.3 is 14.5 Å². The third kappa shape index (κ3) is 5.24. The van der Waals surface area contributed by atoms with Crippen molar-refractivity contribution in [3.05, 3.63) is 65.5 Å². The van der Waals surface area contributed by atoms with Gasteiger partial charge in [0, 0.05) is 43.2 Å². The number of ether oxygens (including phenoxy) is 1. The average molecular weight is 453 g/mol. The van der Waals surface area contributed by atoms with E-state index in [1.807, 2.05) is 4.90 Å². The number of carbonyl (C=O) groups excluding carboxylic acids is 3. The summed E-state index contributed by atoms with van der Waals surface area (Å²) in [7, 11) is 1.59. The fourth-order valence-electron chi connectivity index (χ4n) is 4.75. The molecular formula is C26H29FN2O4. The van der Waals surface area contributed by atoms with Crippen molar-refractivity contribution in [3.8, 4) is 5.75 Å². The summed E-state index contributed by atoms with van der Waals surface area (Å²) in [6.45, 7) is 2.07. The molecule has 2 aromatic rings. The summed E-state index contributed by atoms with van der Waals surface area (Å²) in [5, 5.41) is 0. The van der Waals surface area contributed by atoms with Crippen LogP contribution >= 0.6 is 0 Å². The average Bonchev–Trinajstić information content (AvgIpc) is 2.88. The van der Waals surface area contributed by atoms with Crippen LogP contribution in [-0.4, -0.2) is 60.7 Å². The Morgan fingerprint density at radius 2 is 1.45 bits per heavy atom. The Morgan fingerprint density at radius 1 is 0.818 bits per heavy atom. The SMILES string of the molecule is COc1ccc(C(=O)C2CCN(C(=O)[C@@H]3CCCN(C(=O)c4ccc(F)cc4)C3)CC2)cc1. The minimum atomic E-state index is -0.382. The van der Waals surface area contributed by atoms with Crippen molar-refractivity contribution < 1.29 is 23.5 Å². The van der Waals surface area contributed by atoms with Crippen molar-refractivity contribution >= 4 is 17.6 Å². The topological polar surface area (TPSA) is 66.9 Å². The molecule has 6 nitrogen and oxygen atoms in total. The molecule has 0 radical (unpaired) electrons. The van der Waals surface area contributed by atoms with E-state index in [1.54, 1.807) is 36.3 Å². The van der Waals surface area contributed by atoms with Gasteiger partial charge in [0.05, 0.1) is 13.0 Å². The van der Waals surface area contributed by atoms with Crippen molar-refractivity contribution in [1.82, 2.24) is 9.80 Å². The molecule has 33 heavy (non-hydrogen) atoms. The summed E-state index contributed by atoms with van der Waals surface area (Å²) in [6.07, 6.45) is 2.79. The number of ketones is 1. The van der Waals surface area contributed by atoms with Gasteiger partial charge in [-0.05, 0) is 74.2 Å². The van der Waals surface area contributed by atoms with E-state index >= 15 is 0 Å². The normalized spacial score (nSPS) is 19.3. The first-order valence-corrected chi connectivity index (χ1v) is 11.5. The smallest absolute Gasteiger partial charge is 0.253 e. The Bertz CT molecular complexity index is 998. The quantitative estimate of drug-likeness (QED) is 0.647. The lowest BCUT2D eigenvalue weighted by Gasteiger charge is -2.37. The third-order valence-electron chi connectivity index (χ3n) is 6.70. The van der Waals surface area contributed by atoms with E-state index in [0.29, 0.717) is 55.9 Å². The number of likely N-dealkylation sites (tertiary alicyclic amines) is 2. The summed E-state index contributed by atoms with van der Waals surface area (Å²) in [6, 6.07) is 12.7. The number of hydrogen-bond acceptors (Lipinski definition) is 4. The minimum Gasteiger partial charge on any atom is -0.497 e. The van der Waals surface area contributed by atoms with Crippen LogP contribution in [0.2, 0.25) is 0 Å². The predicted octanol–water partition coefficient (Wildman–Crippen LogP) is 3.81. The van der Waals surface area contributed by atoms with E-state index < -0.39 is 0 Å². The minimum absolute atomic E-state index is 0.0574. The number of Topliss-reactive ketones (excluding diaryl/α,β-unsaturated/α-hetero) is 1. The number of halogens is 1. The van der Waals surface area contributed by atoms with Gasteiger partial charge in [-0.1, -0.05) is 0 Å². The molecule has 1 atom stereocenters. The van der Waals surface area contributed by atoms with Crippen LogP contribution in [0.15, 0.2) is 48.5 Å². The zero-order chi connectivity index (χ0) is 23.4. The molecule has 0 bridgehead atoms. The molecular weight excluding hydrogens is 423 g/mol. The monoisotopic (exact) mass is 452 g/mol. The van der Waals surface area contributed by atoms with E-state index in [-0.39, 0.29) is 35.3 Å². The van der Waals surface area contributed by atoms with E-state index in [2.05, 4.69) is 0 Å². The van der Waals surface area contributed by atoms with Crippen LogP contribution < -0.4 is 4.74 Å². The molecule has 0 saturated carbocycles. The number of methoxy groups -OCH3 is 1. The van der Waals surface area contributed by atoms with Crippen LogP contribution in [0.4, 0.5) is 4.39 Å². The summed E-state index contributed by atoms with van der Waals surface area (Å²) >= 11 is 0. The van der Waals surface area contributed by atoms with Crippen molar-refractivity contribution in [2.75, 3.05) is 33.3 Å². The highest BCUT2D eigenvalue weighted by Gasteiger charge is 2.34. The van der Waals surface area contributed by atoms with Gasteiger partial charge >= 0.3 is 0 Å². The summed E-state index contributed by atoms with van der Waals surface area (Å²) in [5.74, 6) is -0.00222. The molecule has 0 unspecified atom stereocenters. The van der Waals surface area contributed by atoms with Gasteiger partial charge in [0.15, 0.2) is 5.78 Å². The van der Waals surface area contributed by atoms with Crippen LogP contribution in [0.5, 0.6) is 5.75 Å². The standard InChI is InChI=1S/C26H29FN2O4/c1-33-23-10-6-18(7-11-23)24(30)19-12-15-28(16-13-19)26(32)21-3-2-14-29(17-21)25(31)20-4-8-22(27)9-5-20/h4-11,19,21H,2-3,12-17H2,1H3/t21-/m1/s1. The largest absolute Gasteiger partial charge is 0.497 e. The molecule has 2 aliphatic rings. The van der Waals surface area contributed by atoms with Crippen molar-refractivity contribution in [1.29, 1.82) is 0 Å². The van der Waals surface area contributed by atoms with Crippen molar-refractivity contribution in [2.45, 2.75) is 25.7 Å². The maximum atomic E-state index is 13.2. The van der Waals surface area contributed by atoms with Gasteiger partial charge in [-0.3, -0.25) is 14.4 Å². The number of rotatable bonds is 5. The third-order valence-corrected chi connectivity index (χ3v) is 6.70. The number of benzene rings is 2. The van der Waals surface area contributed by atoms with Crippen LogP contribution in [0.3, 0.4) is 0 Å². The van der Waals surface area contributed by atoms with Gasteiger partial charge in [-0.25, -0.2) is 4.39 Å². The maximum Gasteiger partial charge on any atom is 0.253 e. The first kappa shape index (κ1) is 23.0. The Labute approximate surface area is 193 Å². The summed E-state index contributed by atoms with van der Waals surface area (Å²) < 4.78 is 18.3. The molecule has 0 aromatic heterocycles. The van der Waals surface area contributed by atoms with Crippen LogP contribution in [-0.2, 0) is 4.79 Å². The van der Waals surface area contributed by atoms with Crippen LogP contribution in [0, 0.1) is 17.7 Å². The lowest BCUT2D eigenvalue weighted by atomic mass is 9.87. The number of amides is 2. The molecule has 2 saturated heterocycles. The maximum absolute atomic E-state index is 13.2. The molecule has 0 N–H and O–H groups in total. The molecule has 2 heterocycles. The van der Waals surface area contributed by atoms with Crippen LogP contribution in [0.25, 0.3) is 0 Å². The lowest BCUT2D eigenvalue weighted by molar-refractivity contribution is -0.138. The zero-order valence-corrected chi connectivity index (χ0v) is 18.8. The molecule has 0 aliphatic carbocycles. The Kier molecular flexibility index (Phi) is 7.06. The molecule has 2 aliphatic heterocycles. The number of piperidine rings is 2. The predicted molar refractivity (Wildman–Crippen MR) is 122 cm³/mol. The van der Waals surface area contributed by atoms with Crippen LogP contribution in [0.1, 0.15) is 46.4 Å². The second kappa shape index (κ2) is 10.1. The summed E-state index contributed by atoms with van der Waals surface area (Å²) in [5.41, 5.74) is 1.10. The molecule has 174 valence electrons. The summed E-state index contributed by atoms with van der Waals surface area (Å²) in [4.78, 5) is 42.3. The van der Waals surface area contributed by atoms with Gasteiger partial charge in [-0.15, -0.1) is 0 Å². The van der Waals surface area contributed by atoms with Gasteiger partial charge in [0.25, 0.3) is 5.91 Å². The molecule has 0 spiro atoms. The molecule has 2 amide bonds. The number of carbonyl (C=O) groups is 3. The highest BCUT2D eigenvalue weighted by atomic mass is 19.1. The Balaban J connectivity index is 1.31. The zero-order valence-electron chi connectivity index (χ0n) is 18.8. The van der Waals surface area contributed by atoms with Crippen molar-refractivity contribution in [2.24, 2.45) is 11.8 Å². The van der Waals surface area contributed by atoms with E-state index in [9.17, 15) is 18.8 Å². The number of hydrogen-bond donors (Lipinski definition) is 0. The second-order valence-electron chi connectivity index (χ2n) is 8.79. The Hall–Kier alpha value is -3.22. The van der Waals surface area contributed by atoms with Gasteiger partial charge in [-0.2, -0.15) is 0 Å². The molecule has 7 heteroatoms. The first-order valence-electron chi connectivity index (χ1n) is 11.5.